The van der Waals surface area contributed by atoms with Gasteiger partial charge in [0.25, 0.3) is 5.91 Å². The molecule has 3 nitrogen and oxygen atoms in total. The molecular weight excluding hydrogens is 281 g/mol. The standard InChI is InChI=1S/C11H13Cl2NO2S/c1-7-5-14(6-8(4-12)16-7)11(15)9-2-3-10(13)17-9/h2-3,7-8H,4-6H2,1H3. The molecule has 6 heteroatoms. The Morgan fingerprint density at radius 1 is 1.59 bits per heavy atom. The lowest BCUT2D eigenvalue weighted by molar-refractivity contribution is -0.0569. The van der Waals surface area contributed by atoms with Crippen LogP contribution in [0.15, 0.2) is 12.1 Å². The number of carbonyl (C=O) groups is 1. The minimum absolute atomic E-state index is 0.00664. The van der Waals surface area contributed by atoms with Crippen LogP contribution in [0.25, 0.3) is 0 Å². The van der Waals surface area contributed by atoms with Gasteiger partial charge in [0.15, 0.2) is 0 Å². The fraction of sp³-hybridized carbons (Fsp3) is 0.545. The van der Waals surface area contributed by atoms with Crippen LogP contribution in [0.4, 0.5) is 0 Å². The van der Waals surface area contributed by atoms with Gasteiger partial charge in [0.1, 0.15) is 0 Å². The van der Waals surface area contributed by atoms with Gasteiger partial charge in [-0.05, 0) is 19.1 Å². The molecule has 0 N–H and O–H groups in total. The molecule has 1 aliphatic heterocycles. The second-order valence-electron chi connectivity index (χ2n) is 4.04. The van der Waals surface area contributed by atoms with Crippen molar-refractivity contribution in [3.63, 3.8) is 0 Å². The third kappa shape index (κ3) is 3.13. The Kier molecular flexibility index (Phi) is 4.31. The molecule has 2 unspecified atom stereocenters. The molecule has 2 heterocycles. The van der Waals surface area contributed by atoms with Crippen molar-refractivity contribution in [3.8, 4) is 0 Å². The Bertz CT molecular complexity index is 410. The summed E-state index contributed by atoms with van der Waals surface area (Å²) in [5, 5.41) is 0. The van der Waals surface area contributed by atoms with E-state index in [1.807, 2.05) is 6.92 Å². The molecule has 1 amide bonds. The van der Waals surface area contributed by atoms with Crippen molar-refractivity contribution in [2.24, 2.45) is 0 Å². The topological polar surface area (TPSA) is 29.5 Å². The predicted octanol–water partition coefficient (Wildman–Crippen LogP) is 2.87. The van der Waals surface area contributed by atoms with E-state index >= 15 is 0 Å². The van der Waals surface area contributed by atoms with E-state index in [4.69, 9.17) is 27.9 Å². The van der Waals surface area contributed by atoms with Crippen LogP contribution in [-0.2, 0) is 4.74 Å². The summed E-state index contributed by atoms with van der Waals surface area (Å²) < 4.78 is 6.24. The van der Waals surface area contributed by atoms with Crippen LogP contribution in [0.2, 0.25) is 4.34 Å². The van der Waals surface area contributed by atoms with Crippen LogP contribution in [0, 0.1) is 0 Å². The van der Waals surface area contributed by atoms with Gasteiger partial charge in [0.05, 0.1) is 27.3 Å². The number of amides is 1. The Labute approximate surface area is 114 Å². The highest BCUT2D eigenvalue weighted by Gasteiger charge is 2.28. The number of nitrogens with zero attached hydrogens (tertiary/aromatic N) is 1. The first-order valence-corrected chi connectivity index (χ1v) is 7.09. The normalized spacial score (nSPS) is 25.0. The molecule has 1 fully saturated rings. The zero-order chi connectivity index (χ0) is 12.4. The molecule has 1 aliphatic rings. The van der Waals surface area contributed by atoms with Crippen molar-refractivity contribution >= 4 is 40.4 Å². The van der Waals surface area contributed by atoms with Crippen LogP contribution in [0.3, 0.4) is 0 Å². The van der Waals surface area contributed by atoms with E-state index in [-0.39, 0.29) is 18.1 Å². The van der Waals surface area contributed by atoms with Crippen molar-refractivity contribution in [3.05, 3.63) is 21.3 Å². The number of carbonyl (C=O) groups excluding carboxylic acids is 1. The SMILES string of the molecule is CC1CN(C(=O)c2ccc(Cl)s2)CC(CCl)O1. The van der Waals surface area contributed by atoms with Crippen LogP contribution in [0.1, 0.15) is 16.6 Å². The van der Waals surface area contributed by atoms with Crippen LogP contribution in [0.5, 0.6) is 0 Å². The van der Waals surface area contributed by atoms with E-state index in [0.29, 0.717) is 28.2 Å². The number of ether oxygens (including phenoxy) is 1. The third-order valence-electron chi connectivity index (χ3n) is 2.57. The van der Waals surface area contributed by atoms with Gasteiger partial charge in [-0.3, -0.25) is 4.79 Å². The molecule has 1 aromatic rings. The Morgan fingerprint density at radius 3 is 2.94 bits per heavy atom. The lowest BCUT2D eigenvalue weighted by atomic mass is 10.2. The molecule has 94 valence electrons. The fourth-order valence-corrected chi connectivity index (χ4v) is 3.06. The second kappa shape index (κ2) is 5.57. The number of alkyl halides is 1. The summed E-state index contributed by atoms with van der Waals surface area (Å²) in [6.07, 6.45) is -0.0633. The summed E-state index contributed by atoms with van der Waals surface area (Å²) in [6.45, 7) is 3.09. The first kappa shape index (κ1) is 13.1. The molecule has 2 rings (SSSR count). The molecule has 0 aromatic carbocycles. The predicted molar refractivity (Wildman–Crippen MR) is 70.3 cm³/mol. The van der Waals surface area contributed by atoms with Gasteiger partial charge in [-0.1, -0.05) is 11.6 Å². The van der Waals surface area contributed by atoms with Crippen molar-refractivity contribution < 1.29 is 9.53 Å². The van der Waals surface area contributed by atoms with Gasteiger partial charge >= 0.3 is 0 Å². The average Bonchev–Trinajstić information content (AvgIpc) is 2.74. The summed E-state index contributed by atoms with van der Waals surface area (Å²) in [4.78, 5) is 14.6. The first-order chi connectivity index (χ1) is 8.10. The summed E-state index contributed by atoms with van der Waals surface area (Å²) in [7, 11) is 0. The van der Waals surface area contributed by atoms with Gasteiger partial charge < -0.3 is 9.64 Å². The highest BCUT2D eigenvalue weighted by Crippen LogP contribution is 2.24. The molecule has 2 atom stereocenters. The highest BCUT2D eigenvalue weighted by atomic mass is 35.5. The van der Waals surface area contributed by atoms with E-state index < -0.39 is 0 Å². The van der Waals surface area contributed by atoms with E-state index in [2.05, 4.69) is 0 Å². The minimum atomic E-state index is -0.0835. The van der Waals surface area contributed by atoms with Crippen LogP contribution >= 0.6 is 34.5 Å². The lowest BCUT2D eigenvalue weighted by Crippen LogP contribution is -2.49. The summed E-state index contributed by atoms with van der Waals surface area (Å²) in [6, 6.07) is 3.49. The molecule has 0 radical (unpaired) electrons. The Morgan fingerprint density at radius 2 is 2.35 bits per heavy atom. The van der Waals surface area contributed by atoms with Crippen molar-refractivity contribution in [2.75, 3.05) is 19.0 Å². The molecule has 1 aromatic heterocycles. The minimum Gasteiger partial charge on any atom is -0.370 e. The van der Waals surface area contributed by atoms with Gasteiger partial charge in [-0.25, -0.2) is 0 Å². The smallest absolute Gasteiger partial charge is 0.264 e. The number of halogens is 2. The van der Waals surface area contributed by atoms with Gasteiger partial charge in [0.2, 0.25) is 0 Å². The maximum Gasteiger partial charge on any atom is 0.264 e. The van der Waals surface area contributed by atoms with E-state index in [9.17, 15) is 4.79 Å². The largest absolute Gasteiger partial charge is 0.370 e. The number of hydrogen-bond acceptors (Lipinski definition) is 3. The quantitative estimate of drug-likeness (QED) is 0.785. The van der Waals surface area contributed by atoms with Crippen molar-refractivity contribution in [2.45, 2.75) is 19.1 Å². The number of rotatable bonds is 2. The van der Waals surface area contributed by atoms with Gasteiger partial charge in [-0.15, -0.1) is 22.9 Å². The maximum absolute atomic E-state index is 12.2. The van der Waals surface area contributed by atoms with E-state index in [1.165, 1.54) is 11.3 Å². The summed E-state index contributed by atoms with van der Waals surface area (Å²) in [5.74, 6) is 0.409. The summed E-state index contributed by atoms with van der Waals surface area (Å²) >= 11 is 12.9. The molecule has 0 saturated carbocycles. The fourth-order valence-electron chi connectivity index (χ4n) is 1.88. The van der Waals surface area contributed by atoms with Crippen LogP contribution in [-0.4, -0.2) is 42.0 Å². The first-order valence-electron chi connectivity index (χ1n) is 5.36. The highest BCUT2D eigenvalue weighted by molar-refractivity contribution is 7.17. The number of thiophene rings is 1. The molecule has 17 heavy (non-hydrogen) atoms. The van der Waals surface area contributed by atoms with Gasteiger partial charge in [0, 0.05) is 13.1 Å². The lowest BCUT2D eigenvalue weighted by Gasteiger charge is -2.35. The summed E-state index contributed by atoms with van der Waals surface area (Å²) in [5.41, 5.74) is 0. The molecular formula is C11H13Cl2NO2S. The monoisotopic (exact) mass is 293 g/mol. The van der Waals surface area contributed by atoms with Crippen molar-refractivity contribution in [1.82, 2.24) is 4.90 Å². The zero-order valence-corrected chi connectivity index (χ0v) is 11.7. The van der Waals surface area contributed by atoms with Crippen LogP contribution < -0.4 is 0 Å². The Balaban J connectivity index is 2.08. The van der Waals surface area contributed by atoms with Gasteiger partial charge in [-0.2, -0.15) is 0 Å². The van der Waals surface area contributed by atoms with Crippen molar-refractivity contribution in [1.29, 1.82) is 0 Å². The zero-order valence-electron chi connectivity index (χ0n) is 9.36. The second-order valence-corrected chi connectivity index (χ2v) is 6.06. The third-order valence-corrected chi connectivity index (χ3v) is 4.13. The van der Waals surface area contributed by atoms with E-state index in [0.717, 1.165) is 0 Å². The molecule has 0 bridgehead atoms. The number of hydrogen-bond donors (Lipinski definition) is 0. The van der Waals surface area contributed by atoms with E-state index in [1.54, 1.807) is 17.0 Å². The molecule has 0 spiro atoms. The maximum atomic E-state index is 12.2. The Hall–Kier alpha value is -0.290. The molecule has 1 saturated heterocycles. The number of morpholine rings is 1. The average molecular weight is 294 g/mol. The molecule has 0 aliphatic carbocycles.